The largest absolute Gasteiger partial charge is 0.318 e. The zero-order valence-corrected chi connectivity index (χ0v) is 17.5. The molecule has 0 unspecified atom stereocenters. The predicted molar refractivity (Wildman–Crippen MR) is 123 cm³/mol. The van der Waals surface area contributed by atoms with Crippen molar-refractivity contribution in [2.24, 2.45) is 0 Å². The maximum atomic E-state index is 5.25. The van der Waals surface area contributed by atoms with Crippen LogP contribution in [0.3, 0.4) is 0 Å². The lowest BCUT2D eigenvalue weighted by Crippen LogP contribution is -2.30. The van der Waals surface area contributed by atoms with E-state index in [-0.39, 0.29) is 5.54 Å². The van der Waals surface area contributed by atoms with Gasteiger partial charge in [0.15, 0.2) is 0 Å². The molecule has 0 bridgehead atoms. The van der Waals surface area contributed by atoms with Crippen LogP contribution >= 0.6 is 0 Å². The normalized spacial score (nSPS) is 11.6. The van der Waals surface area contributed by atoms with Gasteiger partial charge in [-0.25, -0.2) is 4.98 Å². The van der Waals surface area contributed by atoms with Crippen molar-refractivity contribution in [1.82, 2.24) is 9.55 Å². The Kier molecular flexibility index (Phi) is 5.35. The lowest BCUT2D eigenvalue weighted by molar-refractivity contribution is 0.300. The third kappa shape index (κ3) is 3.51. The SMILES string of the molecule is CCC(C)(CC)n1c(-c2ccccc2)nc(-c2ccccc2)c1-c1ccccc1. The molecule has 0 fully saturated rings. The molecule has 2 heteroatoms. The van der Waals surface area contributed by atoms with Gasteiger partial charge in [-0.15, -0.1) is 0 Å². The smallest absolute Gasteiger partial charge is 0.141 e. The zero-order chi connectivity index (χ0) is 20.3. The number of hydrogen-bond donors (Lipinski definition) is 0. The molecule has 0 aliphatic heterocycles. The van der Waals surface area contributed by atoms with Crippen LogP contribution in [0.5, 0.6) is 0 Å². The molecule has 0 saturated carbocycles. The fourth-order valence-corrected chi connectivity index (χ4v) is 3.95. The number of rotatable bonds is 6. The van der Waals surface area contributed by atoms with Gasteiger partial charge < -0.3 is 4.57 Å². The lowest BCUT2D eigenvalue weighted by atomic mass is 9.92. The van der Waals surface area contributed by atoms with Crippen molar-refractivity contribution < 1.29 is 0 Å². The lowest BCUT2D eigenvalue weighted by Gasteiger charge is -2.33. The second kappa shape index (κ2) is 8.08. The maximum Gasteiger partial charge on any atom is 0.141 e. The average Bonchev–Trinajstić information content (AvgIpc) is 3.22. The molecule has 146 valence electrons. The highest BCUT2D eigenvalue weighted by molar-refractivity contribution is 5.82. The fraction of sp³-hybridized carbons (Fsp3) is 0.222. The molecule has 0 aliphatic carbocycles. The molecule has 29 heavy (non-hydrogen) atoms. The molecule has 4 rings (SSSR count). The van der Waals surface area contributed by atoms with Crippen molar-refractivity contribution in [2.75, 3.05) is 0 Å². The molecule has 1 aromatic heterocycles. The Hall–Kier alpha value is -3.13. The van der Waals surface area contributed by atoms with E-state index in [0.717, 1.165) is 35.5 Å². The van der Waals surface area contributed by atoms with Crippen molar-refractivity contribution in [3.8, 4) is 33.9 Å². The maximum absolute atomic E-state index is 5.25. The number of hydrogen-bond acceptors (Lipinski definition) is 1. The summed E-state index contributed by atoms with van der Waals surface area (Å²) >= 11 is 0. The monoisotopic (exact) mass is 380 g/mol. The molecule has 0 aliphatic rings. The summed E-state index contributed by atoms with van der Waals surface area (Å²) in [6.07, 6.45) is 2.07. The topological polar surface area (TPSA) is 17.8 Å². The fourth-order valence-electron chi connectivity index (χ4n) is 3.95. The molecule has 0 spiro atoms. The van der Waals surface area contributed by atoms with Gasteiger partial charge in [0.25, 0.3) is 0 Å². The van der Waals surface area contributed by atoms with Gasteiger partial charge in [0.1, 0.15) is 5.82 Å². The van der Waals surface area contributed by atoms with Crippen LogP contribution in [0.1, 0.15) is 33.6 Å². The van der Waals surface area contributed by atoms with E-state index >= 15 is 0 Å². The van der Waals surface area contributed by atoms with E-state index in [0.29, 0.717) is 0 Å². The summed E-state index contributed by atoms with van der Waals surface area (Å²) in [5, 5.41) is 0. The van der Waals surface area contributed by atoms with Crippen LogP contribution in [-0.4, -0.2) is 9.55 Å². The summed E-state index contributed by atoms with van der Waals surface area (Å²) < 4.78 is 2.49. The van der Waals surface area contributed by atoms with Gasteiger partial charge in [-0.1, -0.05) is 105 Å². The number of imidazole rings is 1. The van der Waals surface area contributed by atoms with Crippen LogP contribution in [0.15, 0.2) is 91.0 Å². The number of nitrogens with zero attached hydrogens (tertiary/aromatic N) is 2. The van der Waals surface area contributed by atoms with Crippen molar-refractivity contribution in [3.05, 3.63) is 91.0 Å². The van der Waals surface area contributed by atoms with Crippen LogP contribution < -0.4 is 0 Å². The zero-order valence-electron chi connectivity index (χ0n) is 17.5. The Morgan fingerprint density at radius 3 is 1.59 bits per heavy atom. The van der Waals surface area contributed by atoms with Crippen molar-refractivity contribution in [1.29, 1.82) is 0 Å². The molecule has 0 radical (unpaired) electrons. The highest BCUT2D eigenvalue weighted by Gasteiger charge is 2.31. The van der Waals surface area contributed by atoms with Crippen molar-refractivity contribution in [3.63, 3.8) is 0 Å². The Bertz CT molecular complexity index is 1060. The second-order valence-corrected chi connectivity index (χ2v) is 7.77. The van der Waals surface area contributed by atoms with E-state index < -0.39 is 0 Å². The number of aromatic nitrogens is 2. The third-order valence-corrected chi connectivity index (χ3v) is 6.07. The molecule has 2 nitrogen and oxygen atoms in total. The van der Waals surface area contributed by atoms with Crippen LogP contribution in [0.2, 0.25) is 0 Å². The second-order valence-electron chi connectivity index (χ2n) is 7.77. The van der Waals surface area contributed by atoms with E-state index in [9.17, 15) is 0 Å². The van der Waals surface area contributed by atoms with Crippen LogP contribution in [0, 0.1) is 0 Å². The summed E-state index contributed by atoms with van der Waals surface area (Å²) in [6, 6.07) is 31.8. The van der Waals surface area contributed by atoms with Crippen LogP contribution in [0.25, 0.3) is 33.9 Å². The minimum Gasteiger partial charge on any atom is -0.318 e. The Labute approximate surface area is 173 Å². The van der Waals surface area contributed by atoms with Gasteiger partial charge in [-0.05, 0) is 19.8 Å². The van der Waals surface area contributed by atoms with Crippen LogP contribution in [0.4, 0.5) is 0 Å². The molecule has 0 N–H and O–H groups in total. The number of benzene rings is 3. The molecule has 3 aromatic carbocycles. The van der Waals surface area contributed by atoms with Gasteiger partial charge in [0, 0.05) is 22.2 Å². The average molecular weight is 381 g/mol. The molecule has 0 saturated heterocycles. The molecule has 4 aromatic rings. The van der Waals surface area contributed by atoms with Gasteiger partial charge in [-0.3, -0.25) is 0 Å². The third-order valence-electron chi connectivity index (χ3n) is 6.07. The molecular formula is C27H28N2. The minimum atomic E-state index is -0.0314. The Morgan fingerprint density at radius 1 is 0.655 bits per heavy atom. The molecule has 1 heterocycles. The quantitative estimate of drug-likeness (QED) is 0.340. The first-order valence-corrected chi connectivity index (χ1v) is 10.5. The first-order chi connectivity index (χ1) is 14.2. The van der Waals surface area contributed by atoms with Crippen molar-refractivity contribution >= 4 is 0 Å². The molecule has 0 amide bonds. The molecular weight excluding hydrogens is 352 g/mol. The first-order valence-electron chi connectivity index (χ1n) is 10.5. The van der Waals surface area contributed by atoms with E-state index in [4.69, 9.17) is 4.98 Å². The van der Waals surface area contributed by atoms with Gasteiger partial charge in [0.05, 0.1) is 11.4 Å². The Balaban J connectivity index is 2.12. The van der Waals surface area contributed by atoms with E-state index in [2.05, 4.69) is 116 Å². The van der Waals surface area contributed by atoms with E-state index in [1.54, 1.807) is 0 Å². The standard InChI is InChI=1S/C27H28N2/c1-4-27(3,5-2)29-25(22-17-11-7-12-18-22)24(21-15-9-6-10-16-21)28-26(29)23-19-13-8-14-20-23/h6-20H,4-5H2,1-3H3. The van der Waals surface area contributed by atoms with Gasteiger partial charge in [-0.2, -0.15) is 0 Å². The summed E-state index contributed by atoms with van der Waals surface area (Å²) in [4.78, 5) is 5.25. The first kappa shape index (κ1) is 19.2. The van der Waals surface area contributed by atoms with E-state index in [1.807, 2.05) is 0 Å². The summed E-state index contributed by atoms with van der Waals surface area (Å²) in [6.45, 7) is 6.90. The predicted octanol–water partition coefficient (Wildman–Crippen LogP) is 7.42. The van der Waals surface area contributed by atoms with Crippen molar-refractivity contribution in [2.45, 2.75) is 39.2 Å². The van der Waals surface area contributed by atoms with Crippen LogP contribution in [-0.2, 0) is 5.54 Å². The minimum absolute atomic E-state index is 0.0314. The van der Waals surface area contributed by atoms with E-state index in [1.165, 1.54) is 11.3 Å². The van der Waals surface area contributed by atoms with Gasteiger partial charge >= 0.3 is 0 Å². The summed E-state index contributed by atoms with van der Waals surface area (Å²) in [5.41, 5.74) is 5.72. The Morgan fingerprint density at radius 2 is 1.10 bits per heavy atom. The summed E-state index contributed by atoms with van der Waals surface area (Å²) in [5.74, 6) is 1.04. The summed E-state index contributed by atoms with van der Waals surface area (Å²) in [7, 11) is 0. The van der Waals surface area contributed by atoms with Gasteiger partial charge in [0.2, 0.25) is 0 Å². The molecule has 0 atom stereocenters. The highest BCUT2D eigenvalue weighted by atomic mass is 15.2. The highest BCUT2D eigenvalue weighted by Crippen LogP contribution is 2.42.